The van der Waals surface area contributed by atoms with Crippen LogP contribution in [-0.2, 0) is 6.54 Å². The zero-order chi connectivity index (χ0) is 15.9. The van der Waals surface area contributed by atoms with E-state index in [9.17, 15) is 0 Å². The van der Waals surface area contributed by atoms with Gasteiger partial charge in [0.05, 0.1) is 5.69 Å². The molecule has 1 aromatic heterocycles. The fourth-order valence-corrected chi connectivity index (χ4v) is 2.03. The van der Waals surface area contributed by atoms with Gasteiger partial charge in [-0.25, -0.2) is 4.98 Å². The molecule has 1 N–H and O–H groups in total. The average molecular weight is 292 g/mol. The maximum Gasteiger partial charge on any atom is 0.128 e. The number of likely N-dealkylation sites (N-methyl/N-ethyl adjacent to an activating group) is 1. The summed E-state index contributed by atoms with van der Waals surface area (Å²) in [4.78, 5) is 9.41. The van der Waals surface area contributed by atoms with Crippen LogP contribution in [0.4, 0.5) is 5.82 Å². The largest absolute Gasteiger partial charge is 0.355 e. The Morgan fingerprint density at radius 2 is 1.81 bits per heavy atom. The summed E-state index contributed by atoms with van der Waals surface area (Å²) in [5.41, 5.74) is 1.22. The molecule has 120 valence electrons. The molecular weight excluding hydrogens is 260 g/mol. The first-order valence-electron chi connectivity index (χ1n) is 7.92. The van der Waals surface area contributed by atoms with Crippen LogP contribution in [0.2, 0.25) is 0 Å². The van der Waals surface area contributed by atoms with E-state index >= 15 is 0 Å². The van der Waals surface area contributed by atoms with Crippen LogP contribution < -0.4 is 10.2 Å². The predicted octanol–water partition coefficient (Wildman–Crippen LogP) is 2.75. The molecule has 0 spiro atoms. The molecular formula is C17H32N4. The second-order valence-corrected chi connectivity index (χ2v) is 6.88. The number of anilines is 1. The highest BCUT2D eigenvalue weighted by Gasteiger charge is 2.11. The monoisotopic (exact) mass is 292 g/mol. The fraction of sp³-hybridized carbons (Fsp3) is 0.706. The summed E-state index contributed by atoms with van der Waals surface area (Å²) in [5, 5.41) is 3.50. The van der Waals surface area contributed by atoms with E-state index in [1.807, 2.05) is 0 Å². The van der Waals surface area contributed by atoms with Gasteiger partial charge in [-0.2, -0.15) is 0 Å². The smallest absolute Gasteiger partial charge is 0.128 e. The van der Waals surface area contributed by atoms with Gasteiger partial charge >= 0.3 is 0 Å². The van der Waals surface area contributed by atoms with Crippen LogP contribution in [-0.4, -0.2) is 49.2 Å². The maximum absolute atomic E-state index is 4.82. The Morgan fingerprint density at radius 1 is 1.10 bits per heavy atom. The summed E-state index contributed by atoms with van der Waals surface area (Å²) in [6, 6.07) is 6.32. The highest BCUT2D eigenvalue weighted by Crippen LogP contribution is 2.13. The van der Waals surface area contributed by atoms with Crippen molar-refractivity contribution >= 4 is 5.82 Å². The third-order valence-electron chi connectivity index (χ3n) is 3.23. The van der Waals surface area contributed by atoms with Crippen LogP contribution in [0.1, 0.15) is 39.8 Å². The molecule has 0 aliphatic heterocycles. The third-order valence-corrected chi connectivity index (χ3v) is 3.23. The van der Waals surface area contributed by atoms with Gasteiger partial charge in [0.2, 0.25) is 0 Å². The van der Waals surface area contributed by atoms with Gasteiger partial charge in [-0.1, -0.05) is 13.0 Å². The predicted molar refractivity (Wildman–Crippen MR) is 91.9 cm³/mol. The standard InChI is InChI=1S/C17H32N4/c1-7-11-21(13-12-20(5)6)16-10-8-9-15(19-16)14-18-17(2,3)4/h8-10,18H,7,11-14H2,1-6H3. The Kier molecular flexibility index (Phi) is 7.12. The topological polar surface area (TPSA) is 31.4 Å². The van der Waals surface area contributed by atoms with Gasteiger partial charge < -0.3 is 15.1 Å². The third kappa shape index (κ3) is 7.44. The Hall–Kier alpha value is -1.13. The van der Waals surface area contributed by atoms with E-state index in [0.29, 0.717) is 0 Å². The molecule has 1 aromatic rings. The molecule has 21 heavy (non-hydrogen) atoms. The van der Waals surface area contributed by atoms with Gasteiger partial charge in [-0.05, 0) is 53.4 Å². The molecule has 0 fully saturated rings. The first-order valence-corrected chi connectivity index (χ1v) is 7.92. The summed E-state index contributed by atoms with van der Waals surface area (Å²) in [5.74, 6) is 1.09. The van der Waals surface area contributed by atoms with E-state index < -0.39 is 0 Å². The van der Waals surface area contributed by atoms with Crippen LogP contribution in [0.15, 0.2) is 18.2 Å². The van der Waals surface area contributed by atoms with Gasteiger partial charge in [-0.15, -0.1) is 0 Å². The van der Waals surface area contributed by atoms with E-state index in [2.05, 4.69) is 75.1 Å². The number of hydrogen-bond acceptors (Lipinski definition) is 4. The van der Waals surface area contributed by atoms with Crippen molar-refractivity contribution in [3.63, 3.8) is 0 Å². The number of hydrogen-bond donors (Lipinski definition) is 1. The van der Waals surface area contributed by atoms with Crippen molar-refractivity contribution in [2.45, 2.75) is 46.2 Å². The number of pyridine rings is 1. The lowest BCUT2D eigenvalue weighted by Gasteiger charge is -2.26. The highest BCUT2D eigenvalue weighted by atomic mass is 15.2. The van der Waals surface area contributed by atoms with Crippen LogP contribution in [0.25, 0.3) is 0 Å². The molecule has 0 atom stereocenters. The first-order chi connectivity index (χ1) is 9.81. The summed E-state index contributed by atoms with van der Waals surface area (Å²) < 4.78 is 0. The van der Waals surface area contributed by atoms with Crippen molar-refractivity contribution < 1.29 is 0 Å². The molecule has 1 heterocycles. The fourth-order valence-electron chi connectivity index (χ4n) is 2.03. The molecule has 0 amide bonds. The molecule has 0 saturated carbocycles. The van der Waals surface area contributed by atoms with Crippen molar-refractivity contribution in [2.75, 3.05) is 38.6 Å². The Balaban J connectivity index is 2.74. The van der Waals surface area contributed by atoms with Crippen molar-refractivity contribution in [1.29, 1.82) is 0 Å². The average Bonchev–Trinajstić information content (AvgIpc) is 2.40. The summed E-state index contributed by atoms with van der Waals surface area (Å²) in [7, 11) is 4.22. The lowest BCUT2D eigenvalue weighted by molar-refractivity contribution is 0.411. The Bertz CT molecular complexity index is 409. The normalized spacial score (nSPS) is 12.0. The summed E-state index contributed by atoms with van der Waals surface area (Å²) in [6.07, 6.45) is 1.14. The lowest BCUT2D eigenvalue weighted by Crippen LogP contribution is -2.36. The lowest BCUT2D eigenvalue weighted by atomic mass is 10.1. The molecule has 0 radical (unpaired) electrons. The highest BCUT2D eigenvalue weighted by molar-refractivity contribution is 5.39. The molecule has 0 aliphatic carbocycles. The quantitative estimate of drug-likeness (QED) is 0.798. The minimum absolute atomic E-state index is 0.117. The van der Waals surface area contributed by atoms with E-state index in [-0.39, 0.29) is 5.54 Å². The molecule has 0 aromatic carbocycles. The number of nitrogens with one attached hydrogen (secondary N) is 1. The van der Waals surface area contributed by atoms with Gasteiger partial charge in [0, 0.05) is 31.7 Å². The second-order valence-electron chi connectivity index (χ2n) is 6.88. The minimum atomic E-state index is 0.117. The van der Waals surface area contributed by atoms with Gasteiger partial charge in [-0.3, -0.25) is 0 Å². The maximum atomic E-state index is 4.82. The molecule has 0 bridgehead atoms. The summed E-state index contributed by atoms with van der Waals surface area (Å²) in [6.45, 7) is 12.7. The van der Waals surface area contributed by atoms with Gasteiger partial charge in [0.25, 0.3) is 0 Å². The van der Waals surface area contributed by atoms with E-state index in [1.54, 1.807) is 0 Å². The van der Waals surface area contributed by atoms with Gasteiger partial charge in [0.1, 0.15) is 5.82 Å². The van der Waals surface area contributed by atoms with Crippen molar-refractivity contribution in [1.82, 2.24) is 15.2 Å². The molecule has 0 unspecified atom stereocenters. The van der Waals surface area contributed by atoms with Crippen LogP contribution in [0.3, 0.4) is 0 Å². The zero-order valence-electron chi connectivity index (χ0n) is 14.6. The van der Waals surface area contributed by atoms with E-state index in [0.717, 1.165) is 44.1 Å². The van der Waals surface area contributed by atoms with Crippen molar-refractivity contribution in [2.24, 2.45) is 0 Å². The first kappa shape index (κ1) is 17.9. The minimum Gasteiger partial charge on any atom is -0.355 e. The molecule has 4 heteroatoms. The van der Waals surface area contributed by atoms with Crippen molar-refractivity contribution in [3.8, 4) is 0 Å². The molecule has 4 nitrogen and oxygen atoms in total. The van der Waals surface area contributed by atoms with E-state index in [4.69, 9.17) is 4.98 Å². The summed E-state index contributed by atoms with van der Waals surface area (Å²) >= 11 is 0. The van der Waals surface area contributed by atoms with Crippen molar-refractivity contribution in [3.05, 3.63) is 23.9 Å². The van der Waals surface area contributed by atoms with Gasteiger partial charge in [0.15, 0.2) is 0 Å². The Morgan fingerprint density at radius 3 is 2.38 bits per heavy atom. The van der Waals surface area contributed by atoms with Crippen LogP contribution in [0, 0.1) is 0 Å². The van der Waals surface area contributed by atoms with Crippen LogP contribution in [0.5, 0.6) is 0 Å². The SMILES string of the molecule is CCCN(CCN(C)C)c1cccc(CNC(C)(C)C)n1. The Labute approximate surface area is 130 Å². The molecule has 0 saturated heterocycles. The van der Waals surface area contributed by atoms with E-state index in [1.165, 1.54) is 0 Å². The number of rotatable bonds is 8. The molecule has 0 aliphatic rings. The number of aromatic nitrogens is 1. The zero-order valence-corrected chi connectivity index (χ0v) is 14.6. The molecule has 1 rings (SSSR count). The second kappa shape index (κ2) is 8.35. The van der Waals surface area contributed by atoms with Crippen LogP contribution >= 0.6 is 0 Å². The number of nitrogens with zero attached hydrogens (tertiary/aromatic N) is 3.